The molecule has 0 aliphatic rings. The van der Waals surface area contributed by atoms with Crippen LogP contribution in [0.4, 0.5) is 11.4 Å². The number of hydrogen-bond acceptors (Lipinski definition) is 6. The van der Waals surface area contributed by atoms with Crippen LogP contribution in [0.5, 0.6) is 0 Å². The lowest BCUT2D eigenvalue weighted by Gasteiger charge is -2.11. The van der Waals surface area contributed by atoms with Crippen LogP contribution in [-0.4, -0.2) is 28.5 Å². The zero-order valence-electron chi connectivity index (χ0n) is 13.5. The molecular formula is C16H15N3O6. The molecule has 1 N–H and O–H groups in total. The van der Waals surface area contributed by atoms with E-state index in [1.165, 1.54) is 26.2 Å². The van der Waals surface area contributed by atoms with E-state index in [9.17, 15) is 24.5 Å². The SMILES string of the molecule is COC(=O)c1ccccc1NC(=O)Cn1cc([N+](=O)[O-])cc(C)c1=O. The van der Waals surface area contributed by atoms with Gasteiger partial charge in [0.15, 0.2) is 0 Å². The van der Waals surface area contributed by atoms with Gasteiger partial charge in [-0.2, -0.15) is 0 Å². The molecule has 0 spiro atoms. The van der Waals surface area contributed by atoms with Gasteiger partial charge in [-0.15, -0.1) is 0 Å². The van der Waals surface area contributed by atoms with Crippen molar-refractivity contribution in [1.29, 1.82) is 0 Å². The summed E-state index contributed by atoms with van der Waals surface area (Å²) in [6, 6.07) is 7.35. The van der Waals surface area contributed by atoms with Crippen LogP contribution in [-0.2, 0) is 16.1 Å². The van der Waals surface area contributed by atoms with Gasteiger partial charge in [-0.3, -0.25) is 24.3 Å². The third kappa shape index (κ3) is 4.08. The van der Waals surface area contributed by atoms with Gasteiger partial charge < -0.3 is 10.1 Å². The predicted molar refractivity (Wildman–Crippen MR) is 88.5 cm³/mol. The topological polar surface area (TPSA) is 121 Å². The van der Waals surface area contributed by atoms with E-state index >= 15 is 0 Å². The van der Waals surface area contributed by atoms with Crippen molar-refractivity contribution < 1.29 is 19.2 Å². The average molecular weight is 345 g/mol. The van der Waals surface area contributed by atoms with E-state index in [0.717, 1.165) is 16.8 Å². The van der Waals surface area contributed by atoms with Crippen LogP contribution in [0, 0.1) is 17.0 Å². The van der Waals surface area contributed by atoms with Crippen LogP contribution in [0.1, 0.15) is 15.9 Å². The molecule has 1 aromatic carbocycles. The molecule has 25 heavy (non-hydrogen) atoms. The van der Waals surface area contributed by atoms with Crippen molar-refractivity contribution in [3.63, 3.8) is 0 Å². The number of aromatic nitrogens is 1. The quantitative estimate of drug-likeness (QED) is 0.498. The number of nitro groups is 1. The second-order valence-electron chi connectivity index (χ2n) is 5.16. The Hall–Kier alpha value is -3.49. The van der Waals surface area contributed by atoms with E-state index in [1.807, 2.05) is 0 Å². The number of aryl methyl sites for hydroxylation is 1. The molecule has 0 saturated heterocycles. The smallest absolute Gasteiger partial charge is 0.339 e. The fourth-order valence-corrected chi connectivity index (χ4v) is 2.21. The summed E-state index contributed by atoms with van der Waals surface area (Å²) in [4.78, 5) is 46.2. The number of ether oxygens (including phenoxy) is 1. The Balaban J connectivity index is 2.26. The molecule has 0 bridgehead atoms. The van der Waals surface area contributed by atoms with Crippen molar-refractivity contribution in [3.8, 4) is 0 Å². The number of hydrogen-bond donors (Lipinski definition) is 1. The Kier molecular flexibility index (Phi) is 5.28. The van der Waals surface area contributed by atoms with Crippen molar-refractivity contribution in [2.24, 2.45) is 0 Å². The van der Waals surface area contributed by atoms with Crippen LogP contribution in [0.25, 0.3) is 0 Å². The number of methoxy groups -OCH3 is 1. The van der Waals surface area contributed by atoms with Gasteiger partial charge in [0, 0.05) is 11.6 Å². The number of benzene rings is 1. The molecule has 2 rings (SSSR count). The lowest BCUT2D eigenvalue weighted by molar-refractivity contribution is -0.385. The number of esters is 1. The maximum atomic E-state index is 12.2. The van der Waals surface area contributed by atoms with Crippen molar-refractivity contribution in [3.05, 3.63) is 68.1 Å². The minimum Gasteiger partial charge on any atom is -0.465 e. The molecule has 2 aromatic rings. The first-order valence-corrected chi connectivity index (χ1v) is 7.16. The summed E-state index contributed by atoms with van der Waals surface area (Å²) in [7, 11) is 1.21. The summed E-state index contributed by atoms with van der Waals surface area (Å²) < 4.78 is 5.58. The largest absolute Gasteiger partial charge is 0.465 e. The third-order valence-corrected chi connectivity index (χ3v) is 3.38. The number of nitrogens with zero attached hydrogens (tertiary/aromatic N) is 2. The second-order valence-corrected chi connectivity index (χ2v) is 5.16. The van der Waals surface area contributed by atoms with Crippen LogP contribution >= 0.6 is 0 Å². The number of rotatable bonds is 5. The summed E-state index contributed by atoms with van der Waals surface area (Å²) in [6.45, 7) is 0.993. The normalized spacial score (nSPS) is 10.2. The van der Waals surface area contributed by atoms with Crippen LogP contribution in [0.15, 0.2) is 41.3 Å². The highest BCUT2D eigenvalue weighted by Crippen LogP contribution is 2.16. The van der Waals surface area contributed by atoms with Gasteiger partial charge in [-0.1, -0.05) is 12.1 Å². The van der Waals surface area contributed by atoms with Crippen molar-refractivity contribution in [2.75, 3.05) is 12.4 Å². The number of carbonyl (C=O) groups excluding carboxylic acids is 2. The summed E-state index contributed by atoms with van der Waals surface area (Å²) in [5.41, 5.74) is -0.283. The Morgan fingerprint density at radius 3 is 2.64 bits per heavy atom. The third-order valence-electron chi connectivity index (χ3n) is 3.38. The van der Waals surface area contributed by atoms with Gasteiger partial charge in [0.25, 0.3) is 11.2 Å². The zero-order chi connectivity index (χ0) is 18.6. The number of para-hydroxylation sites is 1. The standard InChI is InChI=1S/C16H15N3O6/c1-10-7-11(19(23)24)8-18(15(10)21)9-14(20)17-13-6-4-3-5-12(13)16(22)25-2/h3-8H,9H2,1-2H3,(H,17,20). The number of nitrogens with one attached hydrogen (secondary N) is 1. The Bertz CT molecular complexity index is 903. The van der Waals surface area contributed by atoms with E-state index in [0.29, 0.717) is 0 Å². The van der Waals surface area contributed by atoms with Crippen molar-refractivity contribution in [2.45, 2.75) is 13.5 Å². The molecule has 1 heterocycles. The number of carbonyl (C=O) groups is 2. The number of anilines is 1. The first kappa shape index (κ1) is 17.9. The van der Waals surface area contributed by atoms with E-state index in [2.05, 4.69) is 10.1 Å². The molecule has 0 saturated carbocycles. The molecule has 0 aliphatic heterocycles. The Morgan fingerprint density at radius 2 is 2.00 bits per heavy atom. The number of amides is 1. The lowest BCUT2D eigenvalue weighted by Crippen LogP contribution is -2.29. The molecule has 0 fully saturated rings. The number of pyridine rings is 1. The highest BCUT2D eigenvalue weighted by Gasteiger charge is 2.16. The van der Waals surface area contributed by atoms with E-state index in [1.54, 1.807) is 12.1 Å². The molecule has 9 heteroatoms. The summed E-state index contributed by atoms with van der Waals surface area (Å²) >= 11 is 0. The molecule has 1 amide bonds. The van der Waals surface area contributed by atoms with Gasteiger partial charge in [0.1, 0.15) is 6.54 Å². The van der Waals surface area contributed by atoms with Crippen LogP contribution in [0.3, 0.4) is 0 Å². The summed E-state index contributed by atoms with van der Waals surface area (Å²) in [5.74, 6) is -1.24. The van der Waals surface area contributed by atoms with Crippen molar-refractivity contribution >= 4 is 23.3 Å². The second kappa shape index (κ2) is 7.39. The molecule has 130 valence electrons. The monoisotopic (exact) mass is 345 g/mol. The maximum Gasteiger partial charge on any atom is 0.339 e. The van der Waals surface area contributed by atoms with E-state index < -0.39 is 28.9 Å². The highest BCUT2D eigenvalue weighted by atomic mass is 16.6. The Labute approximate surface area is 142 Å². The van der Waals surface area contributed by atoms with Crippen molar-refractivity contribution in [1.82, 2.24) is 4.57 Å². The van der Waals surface area contributed by atoms with Crippen LogP contribution in [0.2, 0.25) is 0 Å². The molecule has 1 aromatic heterocycles. The van der Waals surface area contributed by atoms with E-state index in [-0.39, 0.29) is 22.5 Å². The minimum atomic E-state index is -0.645. The van der Waals surface area contributed by atoms with Crippen LogP contribution < -0.4 is 10.9 Å². The first-order chi connectivity index (χ1) is 11.8. The molecule has 0 unspecified atom stereocenters. The average Bonchev–Trinajstić information content (AvgIpc) is 2.58. The molecular weight excluding hydrogens is 330 g/mol. The predicted octanol–water partition coefficient (Wildman–Crippen LogP) is 1.49. The highest BCUT2D eigenvalue weighted by molar-refractivity contribution is 6.01. The summed E-state index contributed by atoms with van der Waals surface area (Å²) in [6.07, 6.45) is 1.00. The molecule has 9 nitrogen and oxygen atoms in total. The van der Waals surface area contributed by atoms with E-state index in [4.69, 9.17) is 0 Å². The van der Waals surface area contributed by atoms with Gasteiger partial charge in [0.05, 0.1) is 29.5 Å². The minimum absolute atomic E-state index is 0.150. The Morgan fingerprint density at radius 1 is 1.32 bits per heavy atom. The maximum absolute atomic E-state index is 12.2. The van der Waals surface area contributed by atoms with Gasteiger partial charge in [-0.05, 0) is 19.1 Å². The fraction of sp³-hybridized carbons (Fsp3) is 0.188. The fourth-order valence-electron chi connectivity index (χ4n) is 2.21. The summed E-state index contributed by atoms with van der Waals surface area (Å²) in [5, 5.41) is 13.4. The lowest BCUT2D eigenvalue weighted by atomic mass is 10.2. The molecule has 0 aliphatic carbocycles. The first-order valence-electron chi connectivity index (χ1n) is 7.16. The van der Waals surface area contributed by atoms with Gasteiger partial charge >= 0.3 is 5.97 Å². The zero-order valence-corrected chi connectivity index (χ0v) is 13.5. The van der Waals surface area contributed by atoms with Gasteiger partial charge in [0.2, 0.25) is 5.91 Å². The molecule has 0 atom stereocenters. The van der Waals surface area contributed by atoms with Gasteiger partial charge in [-0.25, -0.2) is 4.79 Å². The molecule has 0 radical (unpaired) electrons.